The average molecular weight is 369 g/mol. The predicted octanol–water partition coefficient (Wildman–Crippen LogP) is 2.08. The van der Waals surface area contributed by atoms with Gasteiger partial charge in [0, 0.05) is 38.1 Å². The molecule has 2 saturated heterocycles. The van der Waals surface area contributed by atoms with Gasteiger partial charge in [-0.1, -0.05) is 18.5 Å². The van der Waals surface area contributed by atoms with E-state index in [0.717, 1.165) is 51.0 Å². The third-order valence-corrected chi connectivity index (χ3v) is 6.45. The van der Waals surface area contributed by atoms with Gasteiger partial charge in [-0.05, 0) is 39.2 Å². The monoisotopic (exact) mass is 368 g/mol. The fourth-order valence-corrected chi connectivity index (χ4v) is 4.81. The van der Waals surface area contributed by atoms with E-state index in [-0.39, 0.29) is 24.0 Å². The summed E-state index contributed by atoms with van der Waals surface area (Å²) in [6.07, 6.45) is 3.88. The van der Waals surface area contributed by atoms with E-state index in [9.17, 15) is 9.90 Å². The summed E-state index contributed by atoms with van der Waals surface area (Å²) in [6, 6.07) is 0.0604. The molecule has 0 radical (unpaired) electrons. The molecule has 25 heavy (non-hydrogen) atoms. The summed E-state index contributed by atoms with van der Waals surface area (Å²) in [7, 11) is 1.80. The quantitative estimate of drug-likeness (QED) is 0.883. The van der Waals surface area contributed by atoms with E-state index in [1.54, 1.807) is 11.7 Å². The number of carbonyl (C=O) groups is 1. The van der Waals surface area contributed by atoms with Gasteiger partial charge >= 0.3 is 0 Å². The van der Waals surface area contributed by atoms with Crippen LogP contribution >= 0.6 is 11.6 Å². The van der Waals surface area contributed by atoms with Crippen molar-refractivity contribution in [1.29, 1.82) is 0 Å². The Morgan fingerprint density at radius 3 is 2.80 bits per heavy atom. The normalized spacial score (nSPS) is 27.4. The second kappa shape index (κ2) is 7.25. The van der Waals surface area contributed by atoms with Crippen molar-refractivity contribution in [2.24, 2.45) is 12.5 Å². The molecule has 3 heterocycles. The standard InChI is InChI=1S/C18H29ClN4O2/c1-4-8-22-10-6-14-18(11-22,12-24)7-5-9-23(14)17(25)16-15(19)13(2)21(3)20-16/h14,24H,4-12H2,1-3H3/t14-,18-/m1/s1. The number of aliphatic hydroxyl groups is 1. The molecule has 1 aromatic rings. The van der Waals surface area contributed by atoms with Crippen LogP contribution in [-0.4, -0.2) is 69.4 Å². The summed E-state index contributed by atoms with van der Waals surface area (Å²) >= 11 is 6.35. The largest absolute Gasteiger partial charge is 0.396 e. The van der Waals surface area contributed by atoms with Crippen LogP contribution in [0.5, 0.6) is 0 Å². The zero-order valence-corrected chi connectivity index (χ0v) is 16.2. The molecule has 6 nitrogen and oxygen atoms in total. The molecule has 2 fully saturated rings. The molecule has 1 N–H and O–H groups in total. The van der Waals surface area contributed by atoms with Gasteiger partial charge in [-0.2, -0.15) is 5.10 Å². The van der Waals surface area contributed by atoms with Gasteiger partial charge in [-0.25, -0.2) is 0 Å². The fraction of sp³-hybridized carbons (Fsp3) is 0.778. The van der Waals surface area contributed by atoms with E-state index < -0.39 is 0 Å². The maximum Gasteiger partial charge on any atom is 0.276 e. The number of hydrogen-bond acceptors (Lipinski definition) is 4. The van der Waals surface area contributed by atoms with Crippen molar-refractivity contribution < 1.29 is 9.90 Å². The number of hydrogen-bond donors (Lipinski definition) is 1. The number of likely N-dealkylation sites (tertiary alicyclic amines) is 2. The van der Waals surface area contributed by atoms with Crippen LogP contribution in [0.2, 0.25) is 5.02 Å². The molecule has 1 amide bonds. The van der Waals surface area contributed by atoms with E-state index in [4.69, 9.17) is 11.6 Å². The fourth-order valence-electron chi connectivity index (χ4n) is 4.57. The SMILES string of the molecule is CCCN1CC[C@H]2N(C(=O)c3nn(C)c(C)c3Cl)CCC[C@]2(CO)C1. The lowest BCUT2D eigenvalue weighted by atomic mass is 9.69. The zero-order valence-electron chi connectivity index (χ0n) is 15.5. The summed E-state index contributed by atoms with van der Waals surface area (Å²) in [5.74, 6) is -0.0971. The van der Waals surface area contributed by atoms with Crippen LogP contribution in [0.1, 0.15) is 48.8 Å². The van der Waals surface area contributed by atoms with Crippen molar-refractivity contribution in [3.63, 3.8) is 0 Å². The highest BCUT2D eigenvalue weighted by atomic mass is 35.5. The molecule has 2 aliphatic rings. The predicted molar refractivity (Wildman–Crippen MR) is 97.9 cm³/mol. The minimum atomic E-state index is -0.225. The number of nitrogens with zero attached hydrogens (tertiary/aromatic N) is 4. The van der Waals surface area contributed by atoms with Gasteiger partial charge < -0.3 is 14.9 Å². The van der Waals surface area contributed by atoms with E-state index in [1.165, 1.54) is 0 Å². The van der Waals surface area contributed by atoms with Crippen LogP contribution in [0.3, 0.4) is 0 Å². The van der Waals surface area contributed by atoms with Gasteiger partial charge in [0.05, 0.1) is 17.3 Å². The van der Waals surface area contributed by atoms with Crippen LogP contribution < -0.4 is 0 Å². The van der Waals surface area contributed by atoms with Crippen molar-refractivity contribution in [3.8, 4) is 0 Å². The molecule has 0 unspecified atom stereocenters. The first-order valence-corrected chi connectivity index (χ1v) is 9.64. The number of aromatic nitrogens is 2. The smallest absolute Gasteiger partial charge is 0.276 e. The third kappa shape index (κ3) is 3.20. The lowest BCUT2D eigenvalue weighted by Gasteiger charge is -2.54. The Morgan fingerprint density at radius 1 is 1.44 bits per heavy atom. The van der Waals surface area contributed by atoms with Crippen LogP contribution in [0.4, 0.5) is 0 Å². The van der Waals surface area contributed by atoms with Crippen molar-refractivity contribution in [2.75, 3.05) is 32.8 Å². The molecule has 1 aromatic heterocycles. The first kappa shape index (κ1) is 18.7. The first-order chi connectivity index (χ1) is 11.9. The van der Waals surface area contributed by atoms with E-state index in [0.29, 0.717) is 17.3 Å². The molecule has 140 valence electrons. The molecule has 2 atom stereocenters. The van der Waals surface area contributed by atoms with Crippen LogP contribution in [0, 0.1) is 12.3 Å². The van der Waals surface area contributed by atoms with Crippen molar-refractivity contribution in [1.82, 2.24) is 19.6 Å². The number of halogens is 1. The average Bonchev–Trinajstić information content (AvgIpc) is 2.88. The molecule has 2 aliphatic heterocycles. The van der Waals surface area contributed by atoms with E-state index in [2.05, 4.69) is 16.9 Å². The summed E-state index contributed by atoms with van der Waals surface area (Å²) < 4.78 is 1.66. The van der Waals surface area contributed by atoms with Gasteiger partial charge in [-0.15, -0.1) is 0 Å². The second-order valence-electron chi connectivity index (χ2n) is 7.57. The second-order valence-corrected chi connectivity index (χ2v) is 7.95. The number of piperidine rings is 2. The molecule has 0 spiro atoms. The van der Waals surface area contributed by atoms with Crippen LogP contribution in [-0.2, 0) is 7.05 Å². The summed E-state index contributed by atoms with van der Waals surface area (Å²) in [5.41, 5.74) is 0.914. The third-order valence-electron chi connectivity index (χ3n) is 5.99. The molecule has 0 saturated carbocycles. The minimum absolute atomic E-state index is 0.0604. The van der Waals surface area contributed by atoms with Crippen LogP contribution in [0.25, 0.3) is 0 Å². The Balaban J connectivity index is 1.87. The molecule has 0 aliphatic carbocycles. The summed E-state index contributed by atoms with van der Waals surface area (Å²) in [5, 5.41) is 15.0. The number of rotatable bonds is 4. The summed E-state index contributed by atoms with van der Waals surface area (Å²) in [6.45, 7) is 7.76. The van der Waals surface area contributed by atoms with E-state index in [1.807, 2.05) is 11.8 Å². The molecular weight excluding hydrogens is 340 g/mol. The van der Waals surface area contributed by atoms with Crippen molar-refractivity contribution >= 4 is 17.5 Å². The zero-order chi connectivity index (χ0) is 18.2. The Labute approximate surface area is 154 Å². The first-order valence-electron chi connectivity index (χ1n) is 9.27. The van der Waals surface area contributed by atoms with Gasteiger partial charge in [-0.3, -0.25) is 9.48 Å². The highest BCUT2D eigenvalue weighted by molar-refractivity contribution is 6.34. The molecule has 7 heteroatoms. The highest BCUT2D eigenvalue weighted by Crippen LogP contribution is 2.42. The van der Waals surface area contributed by atoms with Crippen molar-refractivity contribution in [3.05, 3.63) is 16.4 Å². The highest BCUT2D eigenvalue weighted by Gasteiger charge is 2.49. The van der Waals surface area contributed by atoms with Crippen molar-refractivity contribution in [2.45, 2.75) is 45.6 Å². The Hall–Kier alpha value is -1.11. The minimum Gasteiger partial charge on any atom is -0.396 e. The topological polar surface area (TPSA) is 61.6 Å². The maximum atomic E-state index is 13.2. The molecule has 3 rings (SSSR count). The Morgan fingerprint density at radius 2 is 2.20 bits per heavy atom. The summed E-state index contributed by atoms with van der Waals surface area (Å²) in [4.78, 5) is 17.5. The van der Waals surface area contributed by atoms with Gasteiger partial charge in [0.15, 0.2) is 5.69 Å². The van der Waals surface area contributed by atoms with Gasteiger partial charge in [0.25, 0.3) is 5.91 Å². The van der Waals surface area contributed by atoms with Gasteiger partial charge in [0.1, 0.15) is 0 Å². The van der Waals surface area contributed by atoms with Gasteiger partial charge in [0.2, 0.25) is 0 Å². The number of aryl methyl sites for hydroxylation is 1. The Bertz CT molecular complexity index is 647. The Kier molecular flexibility index (Phi) is 5.42. The van der Waals surface area contributed by atoms with Crippen LogP contribution in [0.15, 0.2) is 0 Å². The number of aliphatic hydroxyl groups excluding tert-OH is 1. The molecule has 0 aromatic carbocycles. The lowest BCUT2D eigenvalue weighted by molar-refractivity contribution is -0.0666. The lowest BCUT2D eigenvalue weighted by Crippen LogP contribution is -2.63. The van der Waals surface area contributed by atoms with E-state index >= 15 is 0 Å². The maximum absolute atomic E-state index is 13.2. The number of fused-ring (bicyclic) bond motifs is 1. The molecular formula is C18H29ClN4O2. The number of carbonyl (C=O) groups excluding carboxylic acids is 1. The molecule has 0 bridgehead atoms. The number of amides is 1.